The lowest BCUT2D eigenvalue weighted by atomic mass is 10.0. The van der Waals surface area contributed by atoms with Crippen molar-refractivity contribution in [2.24, 2.45) is 5.92 Å². The molecule has 0 unspecified atom stereocenters. The molecule has 0 spiro atoms. The Morgan fingerprint density at radius 3 is 2.52 bits per heavy atom. The van der Waals surface area contributed by atoms with Gasteiger partial charge in [0, 0.05) is 6.08 Å². The van der Waals surface area contributed by atoms with E-state index in [0.717, 1.165) is 18.4 Å². The summed E-state index contributed by atoms with van der Waals surface area (Å²) in [6.07, 6.45) is 5.61. The maximum atomic E-state index is 12.2. The van der Waals surface area contributed by atoms with Gasteiger partial charge in [-0.3, -0.25) is 4.79 Å². The minimum absolute atomic E-state index is 0.253. The molecule has 1 aromatic rings. The second-order valence-corrected chi connectivity index (χ2v) is 6.66. The number of methoxy groups -OCH3 is 2. The Morgan fingerprint density at radius 1 is 1.19 bits per heavy atom. The highest BCUT2D eigenvalue weighted by atomic mass is 16.5. The van der Waals surface area contributed by atoms with Crippen molar-refractivity contribution in [3.63, 3.8) is 0 Å². The van der Waals surface area contributed by atoms with Crippen LogP contribution in [0.4, 0.5) is 0 Å². The first-order chi connectivity index (χ1) is 12.9. The summed E-state index contributed by atoms with van der Waals surface area (Å²) in [5.74, 6) is 0.744. The number of carbonyl (C=O) groups excluding carboxylic acids is 2. The highest BCUT2D eigenvalue weighted by Gasteiger charge is 2.21. The molecule has 1 amide bonds. The predicted octanol–water partition coefficient (Wildman–Crippen LogP) is 3.59. The highest BCUT2D eigenvalue weighted by Crippen LogP contribution is 2.28. The molecule has 0 aliphatic rings. The molecule has 0 aliphatic carbocycles. The molecule has 0 bridgehead atoms. The van der Waals surface area contributed by atoms with Crippen LogP contribution in [0.5, 0.6) is 11.5 Å². The standard InChI is InChI=1S/C21H31NO5/c1-6-7-12-27-18-10-8-16(14-19(18)25-4)9-11-20(23)22-17(13-15(2)3)21(24)26-5/h8-11,14-15,17H,6-7,12-13H2,1-5H3,(H,22,23)/t17-/m1/s1. The second kappa shape index (κ2) is 12.0. The number of esters is 1. The van der Waals surface area contributed by atoms with E-state index < -0.39 is 12.0 Å². The molecule has 150 valence electrons. The van der Waals surface area contributed by atoms with Gasteiger partial charge in [0.15, 0.2) is 11.5 Å². The lowest BCUT2D eigenvalue weighted by Crippen LogP contribution is -2.41. The number of unbranched alkanes of at least 4 members (excludes halogenated alkanes) is 1. The molecule has 0 aromatic heterocycles. The molecule has 6 nitrogen and oxygen atoms in total. The summed E-state index contributed by atoms with van der Waals surface area (Å²) >= 11 is 0. The van der Waals surface area contributed by atoms with Crippen LogP contribution in [0.1, 0.15) is 45.6 Å². The van der Waals surface area contributed by atoms with Crippen molar-refractivity contribution in [2.45, 2.75) is 46.1 Å². The Morgan fingerprint density at radius 2 is 1.93 bits per heavy atom. The van der Waals surface area contributed by atoms with E-state index in [1.807, 2.05) is 26.0 Å². The van der Waals surface area contributed by atoms with Crippen LogP contribution >= 0.6 is 0 Å². The summed E-state index contributed by atoms with van der Waals surface area (Å²) in [4.78, 5) is 24.0. The molecule has 1 atom stereocenters. The third-order valence-corrected chi connectivity index (χ3v) is 3.88. The fourth-order valence-electron chi connectivity index (χ4n) is 2.45. The number of ether oxygens (including phenoxy) is 3. The van der Waals surface area contributed by atoms with Gasteiger partial charge in [0.1, 0.15) is 6.04 Å². The summed E-state index contributed by atoms with van der Waals surface area (Å²) in [5.41, 5.74) is 0.795. The van der Waals surface area contributed by atoms with E-state index in [9.17, 15) is 9.59 Å². The lowest BCUT2D eigenvalue weighted by Gasteiger charge is -2.17. The molecule has 27 heavy (non-hydrogen) atoms. The largest absolute Gasteiger partial charge is 0.493 e. The topological polar surface area (TPSA) is 73.9 Å². The number of hydrogen-bond acceptors (Lipinski definition) is 5. The first-order valence-electron chi connectivity index (χ1n) is 9.28. The van der Waals surface area contributed by atoms with Gasteiger partial charge in [-0.15, -0.1) is 0 Å². The average Bonchev–Trinajstić information content (AvgIpc) is 2.65. The number of rotatable bonds is 11. The lowest BCUT2D eigenvalue weighted by molar-refractivity contribution is -0.145. The van der Waals surface area contributed by atoms with E-state index >= 15 is 0 Å². The van der Waals surface area contributed by atoms with Crippen LogP contribution in [-0.4, -0.2) is 38.7 Å². The van der Waals surface area contributed by atoms with Gasteiger partial charge in [-0.05, 0) is 42.5 Å². The molecule has 0 radical (unpaired) electrons. The minimum Gasteiger partial charge on any atom is -0.493 e. The van der Waals surface area contributed by atoms with Crippen molar-refractivity contribution in [2.75, 3.05) is 20.8 Å². The van der Waals surface area contributed by atoms with Crippen LogP contribution in [-0.2, 0) is 14.3 Å². The monoisotopic (exact) mass is 377 g/mol. The second-order valence-electron chi connectivity index (χ2n) is 6.66. The molecule has 0 heterocycles. The Labute approximate surface area is 161 Å². The van der Waals surface area contributed by atoms with Crippen molar-refractivity contribution in [1.29, 1.82) is 0 Å². The Bertz CT molecular complexity index is 639. The zero-order chi connectivity index (χ0) is 20.2. The maximum Gasteiger partial charge on any atom is 0.328 e. The van der Waals surface area contributed by atoms with Gasteiger partial charge in [0.05, 0.1) is 20.8 Å². The fraction of sp³-hybridized carbons (Fsp3) is 0.524. The molecule has 0 aliphatic heterocycles. The number of carbonyl (C=O) groups is 2. The van der Waals surface area contributed by atoms with Gasteiger partial charge in [-0.25, -0.2) is 4.79 Å². The van der Waals surface area contributed by atoms with Crippen molar-refractivity contribution in [3.05, 3.63) is 29.8 Å². The predicted molar refractivity (Wildman–Crippen MR) is 106 cm³/mol. The van der Waals surface area contributed by atoms with Crippen LogP contribution < -0.4 is 14.8 Å². The molecule has 1 aromatic carbocycles. The number of amides is 1. The SMILES string of the molecule is CCCCOc1ccc(C=CC(=O)N[C@H](CC(C)C)C(=O)OC)cc1OC. The minimum atomic E-state index is -0.656. The normalized spacial score (nSPS) is 12.1. The number of hydrogen-bond donors (Lipinski definition) is 1. The van der Waals surface area contributed by atoms with Crippen molar-refractivity contribution in [3.8, 4) is 11.5 Å². The number of benzene rings is 1. The van der Waals surface area contributed by atoms with Gasteiger partial charge in [0.25, 0.3) is 0 Å². The third kappa shape index (κ3) is 8.15. The maximum absolute atomic E-state index is 12.2. The van der Waals surface area contributed by atoms with Crippen LogP contribution in [0.15, 0.2) is 24.3 Å². The molecule has 1 rings (SSSR count). The molecule has 1 N–H and O–H groups in total. The van der Waals surface area contributed by atoms with E-state index in [0.29, 0.717) is 24.5 Å². The zero-order valence-electron chi connectivity index (χ0n) is 16.9. The van der Waals surface area contributed by atoms with Gasteiger partial charge < -0.3 is 19.5 Å². The third-order valence-electron chi connectivity index (χ3n) is 3.88. The van der Waals surface area contributed by atoms with E-state index in [2.05, 4.69) is 12.2 Å². The van der Waals surface area contributed by atoms with Crippen molar-refractivity contribution < 1.29 is 23.8 Å². The molecule has 0 saturated carbocycles. The van der Waals surface area contributed by atoms with Crippen LogP contribution in [0.25, 0.3) is 6.08 Å². The fourth-order valence-corrected chi connectivity index (χ4v) is 2.45. The summed E-state index contributed by atoms with van der Waals surface area (Å²) in [6.45, 7) is 6.70. The molecule has 6 heteroatoms. The highest BCUT2D eigenvalue weighted by molar-refractivity contribution is 5.94. The Hall–Kier alpha value is -2.50. The Kier molecular flexibility index (Phi) is 10.0. The molecule has 0 saturated heterocycles. The van der Waals surface area contributed by atoms with Crippen LogP contribution in [0.3, 0.4) is 0 Å². The first kappa shape index (κ1) is 22.5. The van der Waals surface area contributed by atoms with Crippen molar-refractivity contribution >= 4 is 18.0 Å². The summed E-state index contributed by atoms with van der Waals surface area (Å²) in [7, 11) is 2.89. The molecular formula is C21H31NO5. The Balaban J connectivity index is 2.76. The first-order valence-corrected chi connectivity index (χ1v) is 9.28. The quantitative estimate of drug-likeness (QED) is 0.362. The molecule has 0 fully saturated rings. The van der Waals surface area contributed by atoms with E-state index in [-0.39, 0.29) is 11.8 Å². The van der Waals surface area contributed by atoms with Gasteiger partial charge in [-0.1, -0.05) is 33.3 Å². The van der Waals surface area contributed by atoms with E-state index in [4.69, 9.17) is 14.2 Å². The zero-order valence-corrected chi connectivity index (χ0v) is 16.9. The summed E-state index contributed by atoms with van der Waals surface area (Å²) in [6, 6.07) is 4.81. The van der Waals surface area contributed by atoms with Crippen molar-refractivity contribution in [1.82, 2.24) is 5.32 Å². The van der Waals surface area contributed by atoms with Crippen LogP contribution in [0, 0.1) is 5.92 Å². The van der Waals surface area contributed by atoms with Crippen LogP contribution in [0.2, 0.25) is 0 Å². The van der Waals surface area contributed by atoms with E-state index in [1.54, 1.807) is 19.3 Å². The number of nitrogens with one attached hydrogen (secondary N) is 1. The summed E-state index contributed by atoms with van der Waals surface area (Å²) < 4.78 is 15.8. The van der Waals surface area contributed by atoms with Gasteiger partial charge >= 0.3 is 5.97 Å². The average molecular weight is 377 g/mol. The van der Waals surface area contributed by atoms with Gasteiger partial charge in [-0.2, -0.15) is 0 Å². The smallest absolute Gasteiger partial charge is 0.328 e. The summed E-state index contributed by atoms with van der Waals surface area (Å²) in [5, 5.41) is 2.69. The van der Waals surface area contributed by atoms with E-state index in [1.165, 1.54) is 13.2 Å². The van der Waals surface area contributed by atoms with Gasteiger partial charge in [0.2, 0.25) is 5.91 Å². The molecular weight excluding hydrogens is 346 g/mol.